The van der Waals surface area contributed by atoms with Gasteiger partial charge in [0.2, 0.25) is 0 Å². The van der Waals surface area contributed by atoms with Gasteiger partial charge < -0.3 is 20.8 Å². The Hall–Kier alpha value is -0.950. The molecule has 0 aliphatic rings. The van der Waals surface area contributed by atoms with E-state index in [1.807, 2.05) is 13.2 Å². The van der Waals surface area contributed by atoms with E-state index in [2.05, 4.69) is 10.6 Å². The maximum absolute atomic E-state index is 11.3. The molecule has 6 nitrogen and oxygen atoms in total. The maximum Gasteiger partial charge on any atom is 0.326 e. The minimum atomic E-state index is -1.15. The van der Waals surface area contributed by atoms with Crippen LogP contribution < -0.4 is 10.6 Å². The topological polar surface area (TPSA) is 98.7 Å². The van der Waals surface area contributed by atoms with Crippen molar-refractivity contribution in [1.29, 1.82) is 0 Å². The average molecular weight is 250 g/mol. The highest BCUT2D eigenvalue weighted by Crippen LogP contribution is 2.02. The van der Waals surface area contributed by atoms with Crippen molar-refractivity contribution in [2.45, 2.75) is 24.6 Å². The average Bonchev–Trinajstić information content (AvgIpc) is 2.25. The van der Waals surface area contributed by atoms with Crippen LogP contribution in [0.25, 0.3) is 0 Å². The summed E-state index contributed by atoms with van der Waals surface area (Å²) in [6.45, 7) is 2.14. The number of carbonyl (C=O) groups excluding carboxylic acids is 1. The second-order valence-corrected chi connectivity index (χ2v) is 4.58. The third-order valence-electron chi connectivity index (χ3n) is 1.97. The zero-order chi connectivity index (χ0) is 12.6. The van der Waals surface area contributed by atoms with Gasteiger partial charge in [-0.25, -0.2) is 9.59 Å². The van der Waals surface area contributed by atoms with Gasteiger partial charge in [-0.15, -0.1) is 0 Å². The number of hydrogen-bond acceptors (Lipinski definition) is 4. The number of aliphatic hydroxyl groups excluding tert-OH is 1. The highest BCUT2D eigenvalue weighted by Gasteiger charge is 2.18. The SMILES string of the molecule is CSC(C)CNC(=O)N[C@H](CCO)C(=O)O. The maximum atomic E-state index is 11.3. The van der Waals surface area contributed by atoms with Crippen LogP contribution in [0.1, 0.15) is 13.3 Å². The van der Waals surface area contributed by atoms with E-state index in [1.54, 1.807) is 11.8 Å². The van der Waals surface area contributed by atoms with Crippen molar-refractivity contribution >= 4 is 23.8 Å². The quantitative estimate of drug-likeness (QED) is 0.504. The highest BCUT2D eigenvalue weighted by atomic mass is 32.2. The monoisotopic (exact) mass is 250 g/mol. The number of aliphatic hydroxyl groups is 1. The minimum absolute atomic E-state index is 0.000828. The van der Waals surface area contributed by atoms with Crippen molar-refractivity contribution < 1.29 is 19.8 Å². The lowest BCUT2D eigenvalue weighted by Crippen LogP contribution is -2.47. The van der Waals surface area contributed by atoms with Gasteiger partial charge in [-0.3, -0.25) is 0 Å². The van der Waals surface area contributed by atoms with Crippen molar-refractivity contribution in [2.24, 2.45) is 0 Å². The second-order valence-electron chi connectivity index (χ2n) is 3.30. The lowest BCUT2D eigenvalue weighted by molar-refractivity contribution is -0.139. The zero-order valence-electron chi connectivity index (χ0n) is 9.40. The molecule has 1 unspecified atom stereocenters. The summed E-state index contributed by atoms with van der Waals surface area (Å²) >= 11 is 1.60. The van der Waals surface area contributed by atoms with Gasteiger partial charge >= 0.3 is 12.0 Å². The van der Waals surface area contributed by atoms with E-state index in [4.69, 9.17) is 10.2 Å². The Morgan fingerprint density at radius 2 is 2.06 bits per heavy atom. The van der Waals surface area contributed by atoms with Gasteiger partial charge in [-0.1, -0.05) is 6.92 Å². The molecule has 4 N–H and O–H groups in total. The van der Waals surface area contributed by atoms with Crippen molar-refractivity contribution in [3.8, 4) is 0 Å². The third kappa shape index (κ3) is 6.52. The van der Waals surface area contributed by atoms with Gasteiger partial charge in [0.1, 0.15) is 6.04 Å². The number of amides is 2. The molecule has 0 bridgehead atoms. The normalized spacial score (nSPS) is 13.9. The predicted molar refractivity (Wildman–Crippen MR) is 62.6 cm³/mol. The molecule has 0 rings (SSSR count). The number of aliphatic carboxylic acids is 1. The molecule has 2 amide bonds. The fraction of sp³-hybridized carbons (Fsp3) is 0.778. The molecule has 7 heteroatoms. The van der Waals surface area contributed by atoms with E-state index in [0.29, 0.717) is 6.54 Å². The minimum Gasteiger partial charge on any atom is -0.480 e. The number of nitrogens with one attached hydrogen (secondary N) is 2. The summed E-state index contributed by atoms with van der Waals surface area (Å²) in [5, 5.41) is 22.4. The molecule has 0 heterocycles. The zero-order valence-corrected chi connectivity index (χ0v) is 10.2. The molecular formula is C9H18N2O4S. The van der Waals surface area contributed by atoms with E-state index >= 15 is 0 Å². The lowest BCUT2D eigenvalue weighted by Gasteiger charge is -2.15. The van der Waals surface area contributed by atoms with Crippen LogP contribution in [0.5, 0.6) is 0 Å². The molecule has 0 saturated heterocycles. The third-order valence-corrected chi connectivity index (χ3v) is 2.95. The Labute approximate surface area is 98.8 Å². The Balaban J connectivity index is 3.95. The summed E-state index contributed by atoms with van der Waals surface area (Å²) in [4.78, 5) is 21.9. The van der Waals surface area contributed by atoms with Crippen LogP contribution in [0.4, 0.5) is 4.79 Å². The molecule has 0 aliphatic carbocycles. The van der Waals surface area contributed by atoms with Gasteiger partial charge in [0.15, 0.2) is 0 Å². The lowest BCUT2D eigenvalue weighted by atomic mass is 10.2. The first kappa shape index (κ1) is 15.0. The number of urea groups is 1. The summed E-state index contributed by atoms with van der Waals surface area (Å²) in [7, 11) is 0. The van der Waals surface area contributed by atoms with Gasteiger partial charge in [-0.2, -0.15) is 11.8 Å². The molecule has 0 saturated carbocycles. The van der Waals surface area contributed by atoms with Gasteiger partial charge in [-0.05, 0) is 6.26 Å². The molecule has 0 aromatic heterocycles. The molecule has 0 aliphatic heterocycles. The summed E-state index contributed by atoms with van der Waals surface area (Å²) < 4.78 is 0. The summed E-state index contributed by atoms with van der Waals surface area (Å²) in [6.07, 6.45) is 1.93. The van der Waals surface area contributed by atoms with Crippen molar-refractivity contribution in [1.82, 2.24) is 10.6 Å². The molecule has 0 aromatic rings. The van der Waals surface area contributed by atoms with E-state index in [-0.39, 0.29) is 18.3 Å². The number of rotatable bonds is 7. The first-order valence-corrected chi connectivity index (χ1v) is 6.20. The Bertz CT molecular complexity index is 238. The van der Waals surface area contributed by atoms with Crippen LogP contribution in [0.3, 0.4) is 0 Å². The molecule has 0 spiro atoms. The van der Waals surface area contributed by atoms with Crippen LogP contribution in [-0.4, -0.2) is 52.9 Å². The van der Waals surface area contributed by atoms with E-state index in [1.165, 1.54) is 0 Å². The van der Waals surface area contributed by atoms with Gasteiger partial charge in [0.25, 0.3) is 0 Å². The number of carboxylic acids is 1. The second kappa shape index (κ2) is 8.23. The fourth-order valence-corrected chi connectivity index (χ4v) is 1.17. The molecule has 94 valence electrons. The Morgan fingerprint density at radius 1 is 1.44 bits per heavy atom. The number of hydrogen-bond donors (Lipinski definition) is 4. The first-order chi connectivity index (χ1) is 7.51. The molecule has 0 radical (unpaired) electrons. The summed E-state index contributed by atoms with van der Waals surface area (Å²) in [5.41, 5.74) is 0. The predicted octanol–water partition coefficient (Wildman–Crippen LogP) is -0.127. The van der Waals surface area contributed by atoms with Crippen molar-refractivity contribution in [3.63, 3.8) is 0 Å². The van der Waals surface area contributed by atoms with E-state index in [0.717, 1.165) is 0 Å². The Kier molecular flexibility index (Phi) is 7.74. The summed E-state index contributed by atoms with van der Waals surface area (Å²) in [6, 6.07) is -1.57. The molecule has 2 atom stereocenters. The van der Waals surface area contributed by atoms with Crippen molar-refractivity contribution in [3.05, 3.63) is 0 Å². The van der Waals surface area contributed by atoms with Crippen LogP contribution >= 0.6 is 11.8 Å². The van der Waals surface area contributed by atoms with E-state index in [9.17, 15) is 9.59 Å². The molecule has 0 fully saturated rings. The molecule has 0 aromatic carbocycles. The van der Waals surface area contributed by atoms with Gasteiger partial charge in [0.05, 0.1) is 0 Å². The Morgan fingerprint density at radius 3 is 2.50 bits per heavy atom. The van der Waals surface area contributed by atoms with Crippen LogP contribution in [0.15, 0.2) is 0 Å². The van der Waals surface area contributed by atoms with Crippen LogP contribution in [-0.2, 0) is 4.79 Å². The number of thioether (sulfide) groups is 1. The smallest absolute Gasteiger partial charge is 0.326 e. The van der Waals surface area contributed by atoms with Crippen LogP contribution in [0.2, 0.25) is 0 Å². The number of carbonyl (C=O) groups is 2. The van der Waals surface area contributed by atoms with Gasteiger partial charge in [0, 0.05) is 24.8 Å². The van der Waals surface area contributed by atoms with Crippen molar-refractivity contribution in [2.75, 3.05) is 19.4 Å². The molecular weight excluding hydrogens is 232 g/mol. The number of carboxylic acid groups (broad SMARTS) is 1. The molecule has 16 heavy (non-hydrogen) atoms. The standard InChI is InChI=1S/C9H18N2O4S/c1-6(16-2)5-10-9(15)11-7(3-4-12)8(13)14/h6-7,12H,3-5H2,1-2H3,(H,13,14)(H2,10,11,15)/t6?,7-/m1/s1. The van der Waals surface area contributed by atoms with E-state index < -0.39 is 18.0 Å². The van der Waals surface area contributed by atoms with Crippen LogP contribution in [0, 0.1) is 0 Å². The fourth-order valence-electron chi connectivity index (χ4n) is 0.916. The summed E-state index contributed by atoms with van der Waals surface area (Å²) in [5.74, 6) is -1.15. The first-order valence-electron chi connectivity index (χ1n) is 4.92. The highest BCUT2D eigenvalue weighted by molar-refractivity contribution is 7.99. The largest absolute Gasteiger partial charge is 0.480 e.